The number of phenols is 5. The third-order valence-electron chi connectivity index (χ3n) is 8.27. The first-order valence-electron chi connectivity index (χ1n) is 19.0. The summed E-state index contributed by atoms with van der Waals surface area (Å²) < 4.78 is 0. The summed E-state index contributed by atoms with van der Waals surface area (Å²) in [5, 5.41) is 127. The van der Waals surface area contributed by atoms with E-state index in [0.717, 1.165) is 35.9 Å². The van der Waals surface area contributed by atoms with Crippen LogP contribution in [0.2, 0.25) is 0 Å². The van der Waals surface area contributed by atoms with Crippen molar-refractivity contribution in [2.24, 2.45) is 0 Å². The van der Waals surface area contributed by atoms with E-state index in [1.807, 2.05) is 6.92 Å². The molecule has 0 saturated heterocycles. The zero-order valence-corrected chi connectivity index (χ0v) is 36.6. The summed E-state index contributed by atoms with van der Waals surface area (Å²) >= 11 is 0. The van der Waals surface area contributed by atoms with Crippen molar-refractivity contribution >= 4 is 52.9 Å². The molecule has 0 spiro atoms. The number of carbonyl (C=O) groups is 6. The highest BCUT2D eigenvalue weighted by Crippen LogP contribution is 2.32. The van der Waals surface area contributed by atoms with Gasteiger partial charge in [-0.3, -0.25) is 30.3 Å². The molecule has 404 valence electrons. The van der Waals surface area contributed by atoms with Crippen LogP contribution in [0.4, 0.5) is 17.1 Å². The molecule has 0 aliphatic heterocycles. The normalized spacial score (nSPS) is 9.00. The molecule has 0 bridgehead atoms. The van der Waals surface area contributed by atoms with E-state index in [1.165, 1.54) is 62.4 Å². The molecule has 0 atom stereocenters. The van der Waals surface area contributed by atoms with Crippen molar-refractivity contribution in [2.45, 2.75) is 50.5 Å². The average Bonchev–Trinajstić information content (AvgIpc) is 3.28. The molecular weight excluding hydrogens is 999 g/mol. The lowest BCUT2D eigenvalue weighted by Gasteiger charge is -2.01. The van der Waals surface area contributed by atoms with Crippen molar-refractivity contribution < 1.29 is 99.7 Å². The Bertz CT molecular complexity index is 2820. The van der Waals surface area contributed by atoms with Crippen LogP contribution in [-0.2, 0) is 0 Å². The summed E-state index contributed by atoms with van der Waals surface area (Å²) in [7, 11) is 0. The number of nitrogens with zero attached hydrogens (tertiary/aromatic N) is 3. The summed E-state index contributed by atoms with van der Waals surface area (Å²) in [5.74, 6) is -9.48. The number of carboxylic acid groups (broad SMARTS) is 6. The van der Waals surface area contributed by atoms with Crippen molar-refractivity contribution in [3.8, 4) is 28.7 Å². The number of benzene rings is 6. The first-order valence-corrected chi connectivity index (χ1v) is 19.0. The number of para-hydroxylation sites is 1. The number of hydrogen-bond donors (Lipinski definition) is 11. The highest BCUT2D eigenvalue weighted by Gasteiger charge is 2.23. The molecule has 6 aromatic carbocycles. The van der Waals surface area contributed by atoms with Crippen LogP contribution in [-0.4, -0.2) is 107 Å². The average molecular weight is 1050 g/mol. The number of nitro groups is 3. The standard InChI is InChI=1S/2C8H7NO5.C8H8O2.C7H5NO5.2C7H6O3.4CH4/c2*1-4-2-5(8(11)12)7(10)6(3-4)9(13)14;1-6-2-4-7(5-3-6)8(9)10;9-6-2-1-4(7(10)11)3-5(6)8(12)13;8-6-3-1-2-5(4-6)7(9)10;8-6-4-2-1-3-5(6)7(9)10;;;;/h2*2-3,10H,1H3,(H,11,12);2-5H,1H3,(H,9,10);1-3,9H,(H,10,11);2*1-4,8H,(H,9,10);4*1H4. The fourth-order valence-electron chi connectivity index (χ4n) is 4.92. The van der Waals surface area contributed by atoms with Crippen LogP contribution in [0.15, 0.2) is 115 Å². The third-order valence-corrected chi connectivity index (χ3v) is 8.27. The number of aromatic hydroxyl groups is 5. The van der Waals surface area contributed by atoms with Crippen LogP contribution >= 0.6 is 0 Å². The monoisotopic (exact) mass is 1050 g/mol. The van der Waals surface area contributed by atoms with Crippen LogP contribution in [0.25, 0.3) is 0 Å². The fraction of sp³-hybridized carbons (Fsp3) is 0.143. The van der Waals surface area contributed by atoms with Crippen LogP contribution in [0.1, 0.15) is 109 Å². The van der Waals surface area contributed by atoms with Crippen molar-refractivity contribution in [3.63, 3.8) is 0 Å². The van der Waals surface area contributed by atoms with Crippen molar-refractivity contribution in [3.05, 3.63) is 196 Å². The van der Waals surface area contributed by atoms with Gasteiger partial charge in [-0.05, 0) is 98.6 Å². The largest absolute Gasteiger partial charge is 0.508 e. The summed E-state index contributed by atoms with van der Waals surface area (Å²) in [6, 6.07) is 25.5. The maximum Gasteiger partial charge on any atom is 0.339 e. The zero-order valence-electron chi connectivity index (χ0n) is 36.6. The number of phenolic OH excluding ortho intramolecular Hbond substituents is 2. The van der Waals surface area contributed by atoms with E-state index in [1.54, 1.807) is 36.4 Å². The number of nitro benzene ring substituents is 3. The van der Waals surface area contributed by atoms with Crippen molar-refractivity contribution in [1.29, 1.82) is 0 Å². The Hall–Kier alpha value is -10.7. The van der Waals surface area contributed by atoms with E-state index in [-0.39, 0.29) is 57.9 Å². The Morgan fingerprint density at radius 3 is 1.05 bits per heavy atom. The number of hydrogen-bond acceptors (Lipinski definition) is 17. The van der Waals surface area contributed by atoms with Gasteiger partial charge in [0.25, 0.3) is 0 Å². The van der Waals surface area contributed by atoms with E-state index >= 15 is 0 Å². The first kappa shape index (κ1) is 70.9. The second-order valence-corrected chi connectivity index (χ2v) is 13.6. The highest BCUT2D eigenvalue weighted by atomic mass is 16.6. The minimum Gasteiger partial charge on any atom is -0.508 e. The SMILES string of the molecule is C.C.C.C.Cc1cc(C(=O)O)c(O)c([N+](=O)[O-])c1.Cc1cc(C(=O)O)c(O)c([N+](=O)[O-])c1.Cc1ccc(C(=O)O)cc1.O=C(O)c1ccc(O)c([N+](=O)[O-])c1.O=C(O)c1cccc(O)c1.O=C(O)c1ccccc1O. The molecule has 0 amide bonds. The van der Waals surface area contributed by atoms with Gasteiger partial charge in [0, 0.05) is 18.2 Å². The van der Waals surface area contributed by atoms with Gasteiger partial charge in [0.15, 0.2) is 5.75 Å². The molecule has 26 heteroatoms. The maximum absolute atomic E-state index is 10.6. The Balaban J connectivity index is -0.000000401. The molecule has 75 heavy (non-hydrogen) atoms. The van der Waals surface area contributed by atoms with Gasteiger partial charge >= 0.3 is 52.9 Å². The summed E-state index contributed by atoms with van der Waals surface area (Å²) in [5.41, 5.74) is -0.695. The van der Waals surface area contributed by atoms with Crippen LogP contribution < -0.4 is 0 Å². The number of aryl methyl sites for hydroxylation is 3. The molecule has 0 aromatic heterocycles. The van der Waals surface area contributed by atoms with E-state index in [4.69, 9.17) is 46.0 Å². The molecule has 0 heterocycles. The summed E-state index contributed by atoms with van der Waals surface area (Å²) in [6.07, 6.45) is 0. The van der Waals surface area contributed by atoms with Crippen LogP contribution in [0.3, 0.4) is 0 Å². The molecule has 0 radical (unpaired) electrons. The highest BCUT2D eigenvalue weighted by molar-refractivity contribution is 5.94. The van der Waals surface area contributed by atoms with Gasteiger partial charge in [-0.25, -0.2) is 28.8 Å². The topological polar surface area (TPSA) is 454 Å². The molecule has 6 rings (SSSR count). The van der Waals surface area contributed by atoms with E-state index in [0.29, 0.717) is 16.7 Å². The number of aromatic carboxylic acids is 6. The van der Waals surface area contributed by atoms with Gasteiger partial charge in [0.05, 0.1) is 31.5 Å². The third kappa shape index (κ3) is 23.2. The maximum atomic E-state index is 10.6. The zero-order chi connectivity index (χ0) is 54.4. The van der Waals surface area contributed by atoms with E-state index in [9.17, 15) is 69.3 Å². The van der Waals surface area contributed by atoms with Gasteiger partial charge in [-0.15, -0.1) is 0 Å². The van der Waals surface area contributed by atoms with E-state index < -0.39 is 96.0 Å². The van der Waals surface area contributed by atoms with Crippen molar-refractivity contribution in [2.75, 3.05) is 0 Å². The van der Waals surface area contributed by atoms with Gasteiger partial charge in [0.2, 0.25) is 11.5 Å². The predicted molar refractivity (Wildman–Crippen MR) is 270 cm³/mol. The molecule has 0 saturated carbocycles. The molecular formula is C49H55N3O23. The molecule has 26 nitrogen and oxygen atoms in total. The summed E-state index contributed by atoms with van der Waals surface area (Å²) in [6.45, 7) is 4.95. The molecule has 0 aliphatic rings. The number of rotatable bonds is 9. The van der Waals surface area contributed by atoms with E-state index in [2.05, 4.69) is 0 Å². The molecule has 0 fully saturated rings. The Morgan fingerprint density at radius 2 is 0.733 bits per heavy atom. The second-order valence-electron chi connectivity index (χ2n) is 13.6. The lowest BCUT2D eigenvalue weighted by molar-refractivity contribution is -0.386. The van der Waals surface area contributed by atoms with Gasteiger partial charge in [-0.2, -0.15) is 0 Å². The van der Waals surface area contributed by atoms with Gasteiger partial charge in [-0.1, -0.05) is 65.6 Å². The first-order chi connectivity index (χ1) is 33.0. The van der Waals surface area contributed by atoms with Crippen LogP contribution in [0.5, 0.6) is 28.7 Å². The fourth-order valence-corrected chi connectivity index (χ4v) is 4.92. The van der Waals surface area contributed by atoms with Crippen LogP contribution in [0, 0.1) is 51.1 Å². The lowest BCUT2D eigenvalue weighted by Crippen LogP contribution is -2.00. The Labute approximate surface area is 426 Å². The van der Waals surface area contributed by atoms with Gasteiger partial charge in [0.1, 0.15) is 28.2 Å². The van der Waals surface area contributed by atoms with Crippen molar-refractivity contribution in [1.82, 2.24) is 0 Å². The van der Waals surface area contributed by atoms with Gasteiger partial charge < -0.3 is 56.2 Å². The lowest BCUT2D eigenvalue weighted by atomic mass is 10.1. The Morgan fingerprint density at radius 1 is 0.360 bits per heavy atom. The smallest absolute Gasteiger partial charge is 0.339 e. The Kier molecular flexibility index (Phi) is 31.2. The molecule has 0 aliphatic carbocycles. The molecule has 6 aromatic rings. The predicted octanol–water partition coefficient (Wildman–Crippen LogP) is 10.0. The molecule has 0 unspecified atom stereocenters. The quantitative estimate of drug-likeness (QED) is 0.0473. The minimum atomic E-state index is -1.39. The second kappa shape index (κ2) is 33.0. The molecule has 11 N–H and O–H groups in total. The summed E-state index contributed by atoms with van der Waals surface area (Å²) in [4.78, 5) is 90.9. The minimum absolute atomic E-state index is 0. The number of carboxylic acids is 6.